The van der Waals surface area contributed by atoms with Crippen LogP contribution in [0.2, 0.25) is 0 Å². The Kier molecular flexibility index (Phi) is 5.42. The summed E-state index contributed by atoms with van der Waals surface area (Å²) in [5.74, 6) is 0.800. The number of hydrogen-bond acceptors (Lipinski definition) is 4. The normalized spacial score (nSPS) is 12.6. The summed E-state index contributed by atoms with van der Waals surface area (Å²) in [7, 11) is 0. The predicted molar refractivity (Wildman–Crippen MR) is 82.8 cm³/mol. The van der Waals surface area contributed by atoms with Gasteiger partial charge in [0.05, 0.1) is 11.4 Å². The smallest absolute Gasteiger partial charge is 0.244 e. The van der Waals surface area contributed by atoms with Crippen molar-refractivity contribution in [3.8, 4) is 0 Å². The van der Waals surface area contributed by atoms with E-state index >= 15 is 0 Å². The first-order chi connectivity index (χ1) is 9.33. The molecule has 0 fully saturated rings. The third-order valence-electron chi connectivity index (χ3n) is 3.42. The quantitative estimate of drug-likeness (QED) is 0.836. The van der Waals surface area contributed by atoms with Crippen LogP contribution in [0.25, 0.3) is 0 Å². The molecule has 0 saturated carbocycles. The minimum Gasteiger partial charge on any atom is -0.394 e. The Labute approximate surface area is 121 Å². The van der Waals surface area contributed by atoms with Crippen LogP contribution in [0, 0.1) is 6.92 Å². The number of hydrogen-bond donors (Lipinski definition) is 2. The van der Waals surface area contributed by atoms with Crippen molar-refractivity contribution in [2.24, 2.45) is 0 Å². The van der Waals surface area contributed by atoms with Gasteiger partial charge in [0, 0.05) is 19.1 Å². The van der Waals surface area contributed by atoms with Crippen LogP contribution in [0.4, 0.5) is 11.5 Å². The number of nitrogens with two attached hydrogens (primary N) is 1. The van der Waals surface area contributed by atoms with E-state index in [0.717, 1.165) is 11.5 Å². The second-order valence-electron chi connectivity index (χ2n) is 5.26. The molecule has 1 aromatic heterocycles. The standard InChI is InChI=1S/C14H27N5O/c1-7-18(8-2)14(20)11(6)16-13-12(15)10(5)17-19(13)9(3)4/h9,11,16H,7-8,15H2,1-6H3. The lowest BCUT2D eigenvalue weighted by Crippen LogP contribution is -2.41. The van der Waals surface area contributed by atoms with Gasteiger partial charge >= 0.3 is 0 Å². The summed E-state index contributed by atoms with van der Waals surface area (Å²) in [5.41, 5.74) is 7.45. The number of rotatable bonds is 6. The Hall–Kier alpha value is -1.72. The average molecular weight is 281 g/mol. The van der Waals surface area contributed by atoms with Crippen LogP contribution in [-0.2, 0) is 4.79 Å². The van der Waals surface area contributed by atoms with Gasteiger partial charge in [-0.05, 0) is 41.5 Å². The van der Waals surface area contributed by atoms with E-state index in [0.29, 0.717) is 18.8 Å². The second-order valence-corrected chi connectivity index (χ2v) is 5.26. The molecule has 1 atom stereocenters. The Bertz CT molecular complexity index is 462. The van der Waals surface area contributed by atoms with Gasteiger partial charge in [-0.2, -0.15) is 5.10 Å². The fourth-order valence-corrected chi connectivity index (χ4v) is 2.15. The molecule has 1 rings (SSSR count). The van der Waals surface area contributed by atoms with E-state index in [2.05, 4.69) is 10.4 Å². The molecule has 1 aromatic rings. The zero-order valence-electron chi connectivity index (χ0n) is 13.4. The Morgan fingerprint density at radius 2 is 1.90 bits per heavy atom. The lowest BCUT2D eigenvalue weighted by atomic mass is 10.2. The third kappa shape index (κ3) is 3.23. The number of aromatic nitrogens is 2. The number of carbonyl (C=O) groups excluding carboxylic acids is 1. The van der Waals surface area contributed by atoms with E-state index in [9.17, 15) is 4.79 Å². The number of aryl methyl sites for hydroxylation is 1. The lowest BCUT2D eigenvalue weighted by Gasteiger charge is -2.24. The molecule has 3 N–H and O–H groups in total. The van der Waals surface area contributed by atoms with Crippen LogP contribution in [0.3, 0.4) is 0 Å². The number of likely N-dealkylation sites (N-methyl/N-ethyl adjacent to an activating group) is 1. The Morgan fingerprint density at radius 3 is 2.35 bits per heavy atom. The fourth-order valence-electron chi connectivity index (χ4n) is 2.15. The van der Waals surface area contributed by atoms with Crippen LogP contribution < -0.4 is 11.1 Å². The minimum atomic E-state index is -0.328. The van der Waals surface area contributed by atoms with Crippen LogP contribution >= 0.6 is 0 Å². The van der Waals surface area contributed by atoms with Gasteiger partial charge in [0.25, 0.3) is 0 Å². The summed E-state index contributed by atoms with van der Waals surface area (Å²) in [6.45, 7) is 13.2. The summed E-state index contributed by atoms with van der Waals surface area (Å²) < 4.78 is 1.83. The maximum Gasteiger partial charge on any atom is 0.244 e. The van der Waals surface area contributed by atoms with Crippen molar-refractivity contribution in [2.45, 2.75) is 53.6 Å². The van der Waals surface area contributed by atoms with Crippen molar-refractivity contribution >= 4 is 17.4 Å². The molecule has 0 bridgehead atoms. The fraction of sp³-hybridized carbons (Fsp3) is 0.714. The van der Waals surface area contributed by atoms with Crippen LogP contribution in [0.15, 0.2) is 0 Å². The lowest BCUT2D eigenvalue weighted by molar-refractivity contribution is -0.131. The van der Waals surface area contributed by atoms with Crippen LogP contribution in [-0.4, -0.2) is 39.7 Å². The summed E-state index contributed by atoms with van der Waals surface area (Å²) in [5, 5.41) is 7.63. The topological polar surface area (TPSA) is 76.2 Å². The van der Waals surface area contributed by atoms with Gasteiger partial charge in [-0.25, -0.2) is 4.68 Å². The van der Waals surface area contributed by atoms with E-state index in [1.54, 1.807) is 4.90 Å². The van der Waals surface area contributed by atoms with Gasteiger partial charge in [-0.3, -0.25) is 4.79 Å². The molecule has 20 heavy (non-hydrogen) atoms. The van der Waals surface area contributed by atoms with Crippen LogP contribution in [0.5, 0.6) is 0 Å². The number of nitrogen functional groups attached to an aromatic ring is 1. The second kappa shape index (κ2) is 6.63. The summed E-state index contributed by atoms with van der Waals surface area (Å²) >= 11 is 0. The van der Waals surface area contributed by atoms with E-state index < -0.39 is 0 Å². The minimum absolute atomic E-state index is 0.0727. The SMILES string of the molecule is CCN(CC)C(=O)C(C)Nc1c(N)c(C)nn1C(C)C. The Morgan fingerprint density at radius 1 is 1.35 bits per heavy atom. The zero-order valence-corrected chi connectivity index (χ0v) is 13.4. The molecule has 1 unspecified atom stereocenters. The number of nitrogens with one attached hydrogen (secondary N) is 1. The molecule has 0 aliphatic rings. The maximum atomic E-state index is 12.3. The van der Waals surface area contributed by atoms with E-state index in [1.807, 2.05) is 46.2 Å². The average Bonchev–Trinajstić information content (AvgIpc) is 2.68. The largest absolute Gasteiger partial charge is 0.394 e. The molecule has 0 spiro atoms. The number of amides is 1. The van der Waals surface area contributed by atoms with Crippen LogP contribution in [0.1, 0.15) is 46.4 Å². The molecule has 0 aliphatic carbocycles. The van der Waals surface area contributed by atoms with Gasteiger partial charge in [0.2, 0.25) is 5.91 Å². The van der Waals surface area contributed by atoms with Gasteiger partial charge in [0.15, 0.2) is 0 Å². The van der Waals surface area contributed by atoms with Crippen molar-refractivity contribution in [3.05, 3.63) is 5.69 Å². The highest BCUT2D eigenvalue weighted by Crippen LogP contribution is 2.26. The monoisotopic (exact) mass is 281 g/mol. The highest BCUT2D eigenvalue weighted by Gasteiger charge is 2.22. The predicted octanol–water partition coefficient (Wildman–Crippen LogP) is 2.02. The molecule has 1 amide bonds. The molecular weight excluding hydrogens is 254 g/mol. The number of nitrogens with zero attached hydrogens (tertiary/aromatic N) is 3. The number of anilines is 2. The molecule has 0 saturated heterocycles. The van der Waals surface area contributed by atoms with E-state index in [-0.39, 0.29) is 18.0 Å². The molecule has 6 heteroatoms. The van der Waals surface area contributed by atoms with E-state index in [4.69, 9.17) is 5.73 Å². The molecule has 0 aromatic carbocycles. The number of carbonyl (C=O) groups is 1. The summed E-state index contributed by atoms with van der Waals surface area (Å²) in [6, 6.07) is -0.143. The summed E-state index contributed by atoms with van der Waals surface area (Å²) in [6.07, 6.45) is 0. The van der Waals surface area contributed by atoms with Crippen molar-refractivity contribution < 1.29 is 4.79 Å². The first-order valence-electron chi connectivity index (χ1n) is 7.23. The first kappa shape index (κ1) is 16.3. The van der Waals surface area contributed by atoms with E-state index in [1.165, 1.54) is 0 Å². The maximum absolute atomic E-state index is 12.3. The van der Waals surface area contributed by atoms with Crippen molar-refractivity contribution in [3.63, 3.8) is 0 Å². The van der Waals surface area contributed by atoms with Gasteiger partial charge in [0.1, 0.15) is 11.9 Å². The first-order valence-corrected chi connectivity index (χ1v) is 7.23. The highest BCUT2D eigenvalue weighted by molar-refractivity contribution is 5.85. The van der Waals surface area contributed by atoms with Crippen molar-refractivity contribution in [2.75, 3.05) is 24.1 Å². The van der Waals surface area contributed by atoms with Crippen molar-refractivity contribution in [1.82, 2.24) is 14.7 Å². The third-order valence-corrected chi connectivity index (χ3v) is 3.42. The molecule has 0 aliphatic heterocycles. The van der Waals surface area contributed by atoms with Gasteiger partial charge < -0.3 is 16.0 Å². The molecular formula is C14H27N5O. The summed E-state index contributed by atoms with van der Waals surface area (Å²) in [4.78, 5) is 14.1. The molecule has 6 nitrogen and oxygen atoms in total. The Balaban J connectivity index is 2.95. The van der Waals surface area contributed by atoms with Gasteiger partial charge in [-0.1, -0.05) is 0 Å². The van der Waals surface area contributed by atoms with Gasteiger partial charge in [-0.15, -0.1) is 0 Å². The molecule has 114 valence electrons. The molecule has 0 radical (unpaired) electrons. The zero-order chi connectivity index (χ0) is 15.4. The van der Waals surface area contributed by atoms with Crippen molar-refractivity contribution in [1.29, 1.82) is 0 Å². The molecule has 1 heterocycles. The highest BCUT2D eigenvalue weighted by atomic mass is 16.2.